The zero-order valence-corrected chi connectivity index (χ0v) is 17.0. The molecule has 29 heavy (non-hydrogen) atoms. The minimum atomic E-state index is -0.202. The molecule has 9 heteroatoms. The SMILES string of the molecule is NC(=NCCCCN1C(=O)c2ccccc2C1=O)N1CCN(c2nccs2)CC1. The standard InChI is InChI=1S/C20H24N6O2S/c21-19(24-10-12-25(13-11-24)20-23-8-14-29-20)22-7-3-4-9-26-17(27)15-5-1-2-6-16(15)18(26)28/h1-2,5-6,8,14H,3-4,7,9-13H2,(H2,21,22). The van der Waals surface area contributed by atoms with Crippen LogP contribution in [0.25, 0.3) is 0 Å². The van der Waals surface area contributed by atoms with Gasteiger partial charge in [-0.3, -0.25) is 19.5 Å². The van der Waals surface area contributed by atoms with Crippen LogP contribution in [0.1, 0.15) is 33.6 Å². The van der Waals surface area contributed by atoms with Crippen molar-refractivity contribution >= 4 is 34.2 Å². The van der Waals surface area contributed by atoms with Crippen molar-refractivity contribution in [2.24, 2.45) is 10.7 Å². The van der Waals surface area contributed by atoms with Gasteiger partial charge in [0.05, 0.1) is 11.1 Å². The molecule has 0 spiro atoms. The van der Waals surface area contributed by atoms with E-state index in [-0.39, 0.29) is 11.8 Å². The van der Waals surface area contributed by atoms with Crippen LogP contribution in [0.15, 0.2) is 40.8 Å². The monoisotopic (exact) mass is 412 g/mol. The van der Waals surface area contributed by atoms with E-state index in [2.05, 4.69) is 19.8 Å². The number of hydrogen-bond donors (Lipinski definition) is 1. The second-order valence-electron chi connectivity index (χ2n) is 7.04. The summed E-state index contributed by atoms with van der Waals surface area (Å²) < 4.78 is 0. The minimum Gasteiger partial charge on any atom is -0.370 e. The molecule has 8 nitrogen and oxygen atoms in total. The van der Waals surface area contributed by atoms with Crippen LogP contribution < -0.4 is 10.6 Å². The van der Waals surface area contributed by atoms with Crippen molar-refractivity contribution in [2.45, 2.75) is 12.8 Å². The van der Waals surface area contributed by atoms with Crippen LogP contribution in [0.4, 0.5) is 5.13 Å². The highest BCUT2D eigenvalue weighted by Gasteiger charge is 2.34. The first-order valence-corrected chi connectivity index (χ1v) is 10.7. The molecule has 2 amide bonds. The van der Waals surface area contributed by atoms with E-state index in [1.54, 1.807) is 35.6 Å². The van der Waals surface area contributed by atoms with Crippen molar-refractivity contribution in [1.29, 1.82) is 0 Å². The number of piperazine rings is 1. The molecule has 0 unspecified atom stereocenters. The number of thiazole rings is 1. The van der Waals surface area contributed by atoms with Gasteiger partial charge in [0.1, 0.15) is 0 Å². The third-order valence-electron chi connectivity index (χ3n) is 5.24. The van der Waals surface area contributed by atoms with Gasteiger partial charge in [-0.15, -0.1) is 11.3 Å². The zero-order chi connectivity index (χ0) is 20.2. The highest BCUT2D eigenvalue weighted by Crippen LogP contribution is 2.22. The Morgan fingerprint density at radius 1 is 1.07 bits per heavy atom. The van der Waals surface area contributed by atoms with Crippen LogP contribution in [0.5, 0.6) is 0 Å². The third kappa shape index (κ3) is 4.09. The Balaban J connectivity index is 1.19. The number of carbonyl (C=O) groups is 2. The van der Waals surface area contributed by atoms with Crippen LogP contribution in [-0.4, -0.2) is 71.8 Å². The molecule has 1 aromatic heterocycles. The number of amides is 2. The minimum absolute atomic E-state index is 0.202. The largest absolute Gasteiger partial charge is 0.370 e. The average Bonchev–Trinajstić information content (AvgIpc) is 3.37. The van der Waals surface area contributed by atoms with Gasteiger partial charge in [0.15, 0.2) is 11.1 Å². The van der Waals surface area contributed by atoms with E-state index in [1.807, 2.05) is 11.6 Å². The molecule has 1 saturated heterocycles. The first-order chi connectivity index (χ1) is 14.1. The molecule has 0 bridgehead atoms. The molecule has 1 aromatic carbocycles. The van der Waals surface area contributed by atoms with Crippen LogP contribution in [-0.2, 0) is 0 Å². The van der Waals surface area contributed by atoms with Gasteiger partial charge in [-0.05, 0) is 25.0 Å². The number of aromatic nitrogens is 1. The van der Waals surface area contributed by atoms with Crippen molar-refractivity contribution in [1.82, 2.24) is 14.8 Å². The number of imide groups is 1. The van der Waals surface area contributed by atoms with Crippen LogP contribution in [0.3, 0.4) is 0 Å². The maximum absolute atomic E-state index is 12.3. The molecular weight excluding hydrogens is 388 g/mol. The summed E-state index contributed by atoms with van der Waals surface area (Å²) in [7, 11) is 0. The van der Waals surface area contributed by atoms with Gasteiger partial charge in [-0.25, -0.2) is 4.98 Å². The Labute approximate surface area is 173 Å². The number of nitrogens with two attached hydrogens (primary N) is 1. The number of fused-ring (bicyclic) bond motifs is 1. The Morgan fingerprint density at radius 2 is 1.76 bits per heavy atom. The summed E-state index contributed by atoms with van der Waals surface area (Å²) >= 11 is 1.65. The Hall–Kier alpha value is -2.94. The molecule has 152 valence electrons. The van der Waals surface area contributed by atoms with Crippen molar-refractivity contribution in [3.05, 3.63) is 47.0 Å². The van der Waals surface area contributed by atoms with Crippen molar-refractivity contribution in [3.8, 4) is 0 Å². The number of nitrogens with zero attached hydrogens (tertiary/aromatic N) is 5. The van der Waals surface area contributed by atoms with E-state index in [9.17, 15) is 9.59 Å². The quantitative estimate of drug-likeness (QED) is 0.336. The first kappa shape index (κ1) is 19.4. The molecule has 2 aromatic rings. The highest BCUT2D eigenvalue weighted by atomic mass is 32.1. The number of hydrogen-bond acceptors (Lipinski definition) is 6. The number of aliphatic imine (C=N–C) groups is 1. The number of carbonyl (C=O) groups excluding carboxylic acids is 2. The van der Waals surface area contributed by atoms with E-state index in [1.165, 1.54) is 4.90 Å². The summed E-state index contributed by atoms with van der Waals surface area (Å²) in [5.74, 6) is 0.156. The lowest BCUT2D eigenvalue weighted by Gasteiger charge is -2.35. The molecule has 2 aliphatic rings. The molecular formula is C20H24N6O2S. The predicted molar refractivity (Wildman–Crippen MR) is 113 cm³/mol. The molecule has 2 aliphatic heterocycles. The van der Waals surface area contributed by atoms with Gasteiger partial charge in [0, 0.05) is 50.8 Å². The maximum Gasteiger partial charge on any atom is 0.261 e. The normalized spacial score (nSPS) is 17.2. The molecule has 0 atom stereocenters. The van der Waals surface area contributed by atoms with E-state index >= 15 is 0 Å². The van der Waals surface area contributed by atoms with Crippen molar-refractivity contribution in [3.63, 3.8) is 0 Å². The van der Waals surface area contributed by atoms with Gasteiger partial charge in [-0.1, -0.05) is 12.1 Å². The molecule has 1 fully saturated rings. The van der Waals surface area contributed by atoms with Gasteiger partial charge in [-0.2, -0.15) is 0 Å². The summed E-state index contributed by atoms with van der Waals surface area (Å²) in [6.07, 6.45) is 3.30. The highest BCUT2D eigenvalue weighted by molar-refractivity contribution is 7.13. The van der Waals surface area contributed by atoms with Crippen LogP contribution in [0, 0.1) is 0 Å². The molecule has 0 saturated carbocycles. The lowest BCUT2D eigenvalue weighted by Crippen LogP contribution is -2.51. The lowest BCUT2D eigenvalue weighted by atomic mass is 10.1. The Morgan fingerprint density at radius 3 is 2.38 bits per heavy atom. The number of benzene rings is 1. The fraction of sp³-hybridized carbons (Fsp3) is 0.400. The number of anilines is 1. The van der Waals surface area contributed by atoms with Gasteiger partial charge >= 0.3 is 0 Å². The Kier molecular flexibility index (Phi) is 5.75. The third-order valence-corrected chi connectivity index (χ3v) is 6.07. The van der Waals surface area contributed by atoms with Crippen LogP contribution in [0.2, 0.25) is 0 Å². The molecule has 0 radical (unpaired) electrons. The molecule has 0 aliphatic carbocycles. The van der Waals surface area contributed by atoms with E-state index in [0.717, 1.165) is 37.7 Å². The molecule has 3 heterocycles. The van der Waals surface area contributed by atoms with E-state index < -0.39 is 0 Å². The van der Waals surface area contributed by atoms with Gasteiger partial charge in [0.25, 0.3) is 11.8 Å². The lowest BCUT2D eigenvalue weighted by molar-refractivity contribution is 0.0652. The summed E-state index contributed by atoms with van der Waals surface area (Å²) in [6.45, 7) is 4.40. The van der Waals surface area contributed by atoms with Crippen molar-refractivity contribution < 1.29 is 9.59 Å². The second-order valence-corrected chi connectivity index (χ2v) is 7.92. The fourth-order valence-corrected chi connectivity index (χ4v) is 4.31. The summed E-state index contributed by atoms with van der Waals surface area (Å²) in [4.78, 5) is 39.2. The van der Waals surface area contributed by atoms with Gasteiger partial charge in [0.2, 0.25) is 0 Å². The maximum atomic E-state index is 12.3. The summed E-state index contributed by atoms with van der Waals surface area (Å²) in [5, 5.41) is 3.03. The zero-order valence-electron chi connectivity index (χ0n) is 16.2. The molecule has 4 rings (SSSR count). The first-order valence-electron chi connectivity index (χ1n) is 9.79. The predicted octanol–water partition coefficient (Wildman–Crippen LogP) is 1.66. The number of guanidine groups is 1. The number of rotatable bonds is 6. The van der Waals surface area contributed by atoms with Crippen LogP contribution >= 0.6 is 11.3 Å². The second kappa shape index (κ2) is 8.60. The van der Waals surface area contributed by atoms with Gasteiger partial charge < -0.3 is 15.5 Å². The average molecular weight is 413 g/mol. The molecule has 2 N–H and O–H groups in total. The van der Waals surface area contributed by atoms with E-state index in [0.29, 0.717) is 36.6 Å². The smallest absolute Gasteiger partial charge is 0.261 e. The van der Waals surface area contributed by atoms with Crippen molar-refractivity contribution in [2.75, 3.05) is 44.2 Å². The summed E-state index contributed by atoms with van der Waals surface area (Å²) in [6, 6.07) is 6.97. The number of unbranched alkanes of at least 4 members (excludes halogenated alkanes) is 1. The topological polar surface area (TPSA) is 95.1 Å². The Bertz CT molecular complexity index is 870. The van der Waals surface area contributed by atoms with E-state index in [4.69, 9.17) is 5.73 Å². The fourth-order valence-electron chi connectivity index (χ4n) is 3.62. The summed E-state index contributed by atoms with van der Waals surface area (Å²) in [5.41, 5.74) is 7.14.